The van der Waals surface area contributed by atoms with E-state index < -0.39 is 32.4 Å². The second-order valence-electron chi connectivity index (χ2n) is 4.46. The van der Waals surface area contributed by atoms with E-state index in [-0.39, 0.29) is 12.1 Å². The minimum absolute atomic E-state index is 0.167. The Morgan fingerprint density at radius 2 is 1.57 bits per heavy atom. The van der Waals surface area contributed by atoms with Gasteiger partial charge in [0.2, 0.25) is 10.0 Å². The van der Waals surface area contributed by atoms with Crippen molar-refractivity contribution in [2.45, 2.75) is 11.4 Å². The number of halogens is 3. The lowest BCUT2D eigenvalue weighted by molar-refractivity contribution is 0.454. The molecule has 0 heterocycles. The van der Waals surface area contributed by atoms with Crippen LogP contribution in [0.15, 0.2) is 47.4 Å². The van der Waals surface area contributed by atoms with Gasteiger partial charge in [0.05, 0.1) is 4.90 Å². The van der Waals surface area contributed by atoms with Crippen molar-refractivity contribution in [3.63, 3.8) is 0 Å². The molecule has 0 aliphatic heterocycles. The van der Waals surface area contributed by atoms with Gasteiger partial charge in [-0.25, -0.2) is 21.6 Å². The highest BCUT2D eigenvalue weighted by Gasteiger charge is 2.23. The highest BCUT2D eigenvalue weighted by molar-refractivity contribution is 7.89. The molecule has 0 aliphatic rings. The van der Waals surface area contributed by atoms with Gasteiger partial charge in [0.1, 0.15) is 17.5 Å². The maximum atomic E-state index is 13.5. The predicted molar refractivity (Wildman–Crippen MR) is 71.4 cm³/mol. The fourth-order valence-electron chi connectivity index (χ4n) is 1.81. The van der Waals surface area contributed by atoms with E-state index >= 15 is 0 Å². The molecule has 7 heteroatoms. The Balaban J connectivity index is 2.33. The van der Waals surface area contributed by atoms with Crippen LogP contribution in [0, 0.1) is 17.5 Å². The smallest absolute Gasteiger partial charge is 0.207 e. The van der Waals surface area contributed by atoms with Crippen molar-refractivity contribution in [2.75, 3.05) is 7.05 Å². The van der Waals surface area contributed by atoms with Crippen LogP contribution in [-0.2, 0) is 16.6 Å². The summed E-state index contributed by atoms with van der Waals surface area (Å²) in [6.45, 7) is -0.243. The summed E-state index contributed by atoms with van der Waals surface area (Å²) in [6, 6.07) is 7.71. The van der Waals surface area contributed by atoms with Gasteiger partial charge < -0.3 is 0 Å². The third-order valence-corrected chi connectivity index (χ3v) is 4.68. The van der Waals surface area contributed by atoms with E-state index in [1.807, 2.05) is 0 Å². The van der Waals surface area contributed by atoms with Crippen LogP contribution in [0.1, 0.15) is 5.56 Å². The summed E-state index contributed by atoms with van der Waals surface area (Å²) in [4.78, 5) is -0.515. The molecule has 0 aliphatic carbocycles. The summed E-state index contributed by atoms with van der Waals surface area (Å²) < 4.78 is 65.1. The molecular weight excluding hydrogens is 303 g/mol. The Morgan fingerprint density at radius 1 is 1.00 bits per heavy atom. The van der Waals surface area contributed by atoms with Crippen molar-refractivity contribution in [2.24, 2.45) is 0 Å². The number of hydrogen-bond donors (Lipinski definition) is 0. The van der Waals surface area contributed by atoms with Crippen molar-refractivity contribution in [1.29, 1.82) is 0 Å². The Kier molecular flexibility index (Phi) is 4.34. The molecule has 0 aromatic heterocycles. The first-order valence-corrected chi connectivity index (χ1v) is 7.40. The van der Waals surface area contributed by atoms with Crippen LogP contribution in [0.25, 0.3) is 0 Å². The molecule has 0 bridgehead atoms. The van der Waals surface area contributed by atoms with Gasteiger partial charge in [0.15, 0.2) is 0 Å². The topological polar surface area (TPSA) is 37.4 Å². The van der Waals surface area contributed by atoms with Crippen LogP contribution in [-0.4, -0.2) is 19.8 Å². The van der Waals surface area contributed by atoms with Gasteiger partial charge in [-0.3, -0.25) is 0 Å². The average molecular weight is 315 g/mol. The highest BCUT2D eigenvalue weighted by atomic mass is 32.2. The van der Waals surface area contributed by atoms with Gasteiger partial charge in [-0.1, -0.05) is 18.2 Å². The molecule has 2 rings (SSSR count). The number of hydrogen-bond acceptors (Lipinski definition) is 2. The van der Waals surface area contributed by atoms with E-state index in [1.54, 1.807) is 6.07 Å². The molecule has 0 N–H and O–H groups in total. The number of sulfonamides is 1. The number of nitrogens with zero attached hydrogens (tertiary/aromatic N) is 1. The van der Waals surface area contributed by atoms with Gasteiger partial charge in [0.25, 0.3) is 0 Å². The molecule has 112 valence electrons. The zero-order valence-corrected chi connectivity index (χ0v) is 11.9. The second-order valence-corrected chi connectivity index (χ2v) is 6.50. The zero-order valence-electron chi connectivity index (χ0n) is 11.1. The van der Waals surface area contributed by atoms with Gasteiger partial charge in [0, 0.05) is 25.2 Å². The molecule has 21 heavy (non-hydrogen) atoms. The minimum atomic E-state index is -4.11. The molecular formula is C14H12F3NO2S. The summed E-state index contributed by atoms with van der Waals surface area (Å²) in [5.74, 6) is -2.54. The molecule has 0 fully saturated rings. The van der Waals surface area contributed by atoms with Crippen LogP contribution >= 0.6 is 0 Å². The molecule has 0 unspecified atom stereocenters. The Bertz CT molecular complexity index is 742. The Hall–Kier alpha value is -1.86. The number of rotatable bonds is 4. The first-order valence-electron chi connectivity index (χ1n) is 5.96. The molecule has 0 radical (unpaired) electrons. The zero-order chi connectivity index (χ0) is 15.6. The van der Waals surface area contributed by atoms with E-state index in [0.717, 1.165) is 16.4 Å². The van der Waals surface area contributed by atoms with Crippen LogP contribution in [0.3, 0.4) is 0 Å². The summed E-state index contributed by atoms with van der Waals surface area (Å²) in [5, 5.41) is 0. The lowest BCUT2D eigenvalue weighted by Gasteiger charge is -2.17. The largest absolute Gasteiger partial charge is 0.243 e. The monoisotopic (exact) mass is 315 g/mol. The summed E-state index contributed by atoms with van der Waals surface area (Å²) >= 11 is 0. The highest BCUT2D eigenvalue weighted by Crippen LogP contribution is 2.20. The predicted octanol–water partition coefficient (Wildman–Crippen LogP) is 2.92. The summed E-state index contributed by atoms with van der Waals surface area (Å²) in [6.07, 6.45) is 0. The van der Waals surface area contributed by atoms with Gasteiger partial charge in [-0.05, 0) is 18.2 Å². The molecule has 0 atom stereocenters. The van der Waals surface area contributed by atoms with Gasteiger partial charge in [-0.2, -0.15) is 4.31 Å². The maximum Gasteiger partial charge on any atom is 0.243 e. The van der Waals surface area contributed by atoms with E-state index in [1.165, 1.54) is 25.2 Å². The SMILES string of the molecule is CN(Cc1ccccc1F)S(=O)(=O)c1cc(F)cc(F)c1. The van der Waals surface area contributed by atoms with Crippen LogP contribution in [0.2, 0.25) is 0 Å². The van der Waals surface area contributed by atoms with Gasteiger partial charge in [-0.15, -0.1) is 0 Å². The molecule has 2 aromatic rings. The molecule has 0 saturated heterocycles. The third-order valence-electron chi connectivity index (χ3n) is 2.90. The molecule has 0 spiro atoms. The van der Waals surface area contributed by atoms with Crippen LogP contribution in [0.4, 0.5) is 13.2 Å². The lowest BCUT2D eigenvalue weighted by Crippen LogP contribution is -2.27. The molecule has 0 saturated carbocycles. The fraction of sp³-hybridized carbons (Fsp3) is 0.143. The van der Waals surface area contributed by atoms with E-state index in [9.17, 15) is 21.6 Å². The van der Waals surface area contributed by atoms with Crippen molar-refractivity contribution in [3.05, 3.63) is 65.5 Å². The van der Waals surface area contributed by atoms with Crippen molar-refractivity contribution >= 4 is 10.0 Å². The average Bonchev–Trinajstić information content (AvgIpc) is 2.40. The van der Waals surface area contributed by atoms with E-state index in [0.29, 0.717) is 6.07 Å². The minimum Gasteiger partial charge on any atom is -0.207 e. The lowest BCUT2D eigenvalue weighted by atomic mass is 10.2. The van der Waals surface area contributed by atoms with E-state index in [4.69, 9.17) is 0 Å². The van der Waals surface area contributed by atoms with Crippen LogP contribution < -0.4 is 0 Å². The molecule has 3 nitrogen and oxygen atoms in total. The van der Waals surface area contributed by atoms with Gasteiger partial charge >= 0.3 is 0 Å². The quantitative estimate of drug-likeness (QED) is 0.870. The molecule has 0 amide bonds. The van der Waals surface area contributed by atoms with E-state index in [2.05, 4.69) is 0 Å². The molecule has 2 aromatic carbocycles. The number of benzene rings is 2. The van der Waals surface area contributed by atoms with Crippen molar-refractivity contribution in [1.82, 2.24) is 4.31 Å². The Labute approximate surface area is 120 Å². The second kappa shape index (κ2) is 5.87. The normalized spacial score (nSPS) is 11.9. The van der Waals surface area contributed by atoms with Crippen molar-refractivity contribution < 1.29 is 21.6 Å². The fourth-order valence-corrected chi connectivity index (χ4v) is 3.00. The first kappa shape index (κ1) is 15.5. The Morgan fingerprint density at radius 3 is 2.14 bits per heavy atom. The summed E-state index contributed by atoms with van der Waals surface area (Å²) in [7, 11) is -2.90. The standard InChI is InChI=1S/C14H12F3NO2S/c1-18(9-10-4-2-3-5-14(10)17)21(19,20)13-7-11(15)6-12(16)8-13/h2-8H,9H2,1H3. The van der Waals surface area contributed by atoms with Crippen LogP contribution in [0.5, 0.6) is 0 Å². The summed E-state index contributed by atoms with van der Waals surface area (Å²) in [5.41, 5.74) is 0.167. The van der Waals surface area contributed by atoms with Crippen molar-refractivity contribution in [3.8, 4) is 0 Å². The maximum absolute atomic E-state index is 13.5. The third kappa shape index (κ3) is 3.43. The first-order chi connectivity index (χ1) is 9.80.